The molecule has 1 N–H and O–H groups in total. The molecule has 0 aromatic heterocycles. The van der Waals surface area contributed by atoms with Crippen LogP contribution >= 0.6 is 12.2 Å². The van der Waals surface area contributed by atoms with Crippen molar-refractivity contribution in [3.63, 3.8) is 0 Å². The Labute approximate surface area is 98.2 Å². The Kier molecular flexibility index (Phi) is 5.95. The number of hydrogen-bond acceptors (Lipinski definition) is 2. The molecule has 1 atom stereocenters. The molecule has 0 aliphatic carbocycles. The van der Waals surface area contributed by atoms with Gasteiger partial charge in [0.1, 0.15) is 0 Å². The number of hydrogen-bond donors (Lipinski definition) is 1. The van der Waals surface area contributed by atoms with Gasteiger partial charge in [0.05, 0.1) is 6.61 Å². The minimum absolute atomic E-state index is 0.644. The van der Waals surface area contributed by atoms with Crippen LogP contribution in [0.5, 0.6) is 0 Å². The first-order chi connectivity index (χ1) is 7.24. The summed E-state index contributed by atoms with van der Waals surface area (Å²) in [5.74, 6) is 0.644. The van der Waals surface area contributed by atoms with E-state index in [1.54, 1.807) is 0 Å². The van der Waals surface area contributed by atoms with Crippen molar-refractivity contribution >= 4 is 17.3 Å². The van der Waals surface area contributed by atoms with Gasteiger partial charge in [0.15, 0.2) is 5.11 Å². The third-order valence-electron chi connectivity index (χ3n) is 2.66. The lowest BCUT2D eigenvalue weighted by Crippen LogP contribution is -2.41. The van der Waals surface area contributed by atoms with Crippen LogP contribution in [0.1, 0.15) is 26.2 Å². The van der Waals surface area contributed by atoms with E-state index in [0.29, 0.717) is 5.92 Å². The van der Waals surface area contributed by atoms with E-state index in [4.69, 9.17) is 17.0 Å². The van der Waals surface area contributed by atoms with E-state index in [1.807, 2.05) is 0 Å². The van der Waals surface area contributed by atoms with Crippen LogP contribution in [0.3, 0.4) is 0 Å². The lowest BCUT2D eigenvalue weighted by molar-refractivity contribution is 0.0485. The highest BCUT2D eigenvalue weighted by Gasteiger charge is 2.16. The Hall–Kier alpha value is -0.350. The van der Waals surface area contributed by atoms with Gasteiger partial charge in [-0.3, -0.25) is 0 Å². The molecule has 0 radical (unpaired) electrons. The summed E-state index contributed by atoms with van der Waals surface area (Å²) in [5, 5.41) is 4.10. The molecule has 1 aliphatic rings. The van der Waals surface area contributed by atoms with Crippen LogP contribution in [0.15, 0.2) is 0 Å². The van der Waals surface area contributed by atoms with Crippen LogP contribution < -0.4 is 5.32 Å². The van der Waals surface area contributed by atoms with Gasteiger partial charge < -0.3 is 15.0 Å². The molecule has 0 amide bonds. The molecule has 1 rings (SSSR count). The van der Waals surface area contributed by atoms with Gasteiger partial charge in [-0.2, -0.15) is 0 Å². The van der Waals surface area contributed by atoms with Gasteiger partial charge >= 0.3 is 0 Å². The molecule has 1 fully saturated rings. The molecule has 15 heavy (non-hydrogen) atoms. The molecule has 0 aromatic rings. The smallest absolute Gasteiger partial charge is 0.168 e. The van der Waals surface area contributed by atoms with E-state index in [2.05, 4.69) is 24.2 Å². The first-order valence-electron chi connectivity index (χ1n) is 5.80. The second-order valence-corrected chi connectivity index (χ2v) is 4.58. The third-order valence-corrected chi connectivity index (χ3v) is 3.12. The second-order valence-electron chi connectivity index (χ2n) is 4.20. The normalized spacial score (nSPS) is 21.1. The highest BCUT2D eigenvalue weighted by molar-refractivity contribution is 7.80. The molecule has 0 spiro atoms. The fraction of sp³-hybridized carbons (Fsp3) is 0.909. The Morgan fingerprint density at radius 3 is 3.00 bits per heavy atom. The lowest BCUT2D eigenvalue weighted by Gasteiger charge is -2.28. The first kappa shape index (κ1) is 12.7. The maximum atomic E-state index is 5.45. The van der Waals surface area contributed by atoms with E-state index in [9.17, 15) is 0 Å². The van der Waals surface area contributed by atoms with Gasteiger partial charge in [0.2, 0.25) is 0 Å². The van der Waals surface area contributed by atoms with Gasteiger partial charge in [0.25, 0.3) is 0 Å². The summed E-state index contributed by atoms with van der Waals surface area (Å²) in [7, 11) is 2.06. The van der Waals surface area contributed by atoms with E-state index in [-0.39, 0.29) is 0 Å². The predicted octanol–water partition coefficient (Wildman–Crippen LogP) is 1.63. The van der Waals surface area contributed by atoms with Crippen molar-refractivity contribution < 1.29 is 4.74 Å². The SMILES string of the molecule is CCCNC(=S)N(C)CC1CCCOC1. The van der Waals surface area contributed by atoms with Crippen molar-refractivity contribution in [2.24, 2.45) is 5.92 Å². The molecule has 88 valence electrons. The summed E-state index contributed by atoms with van der Waals surface area (Å²) < 4.78 is 5.45. The molecular weight excluding hydrogens is 208 g/mol. The maximum Gasteiger partial charge on any atom is 0.168 e. The van der Waals surface area contributed by atoms with E-state index < -0.39 is 0 Å². The molecule has 1 heterocycles. The maximum absolute atomic E-state index is 5.45. The van der Waals surface area contributed by atoms with E-state index in [1.165, 1.54) is 12.8 Å². The minimum atomic E-state index is 0.644. The van der Waals surface area contributed by atoms with Crippen molar-refractivity contribution in [3.8, 4) is 0 Å². The summed E-state index contributed by atoms with van der Waals surface area (Å²) in [6, 6.07) is 0. The fourth-order valence-electron chi connectivity index (χ4n) is 1.79. The molecular formula is C11H22N2OS. The van der Waals surface area contributed by atoms with Gasteiger partial charge in [-0.25, -0.2) is 0 Å². The second kappa shape index (κ2) is 7.01. The van der Waals surface area contributed by atoms with Crippen LogP contribution in [0, 0.1) is 5.92 Å². The molecule has 1 unspecified atom stereocenters. The van der Waals surface area contributed by atoms with Crippen LogP contribution in [0.4, 0.5) is 0 Å². The zero-order valence-corrected chi connectivity index (χ0v) is 10.6. The fourth-order valence-corrected chi connectivity index (χ4v) is 1.97. The monoisotopic (exact) mass is 230 g/mol. The molecule has 0 saturated carbocycles. The number of nitrogens with zero attached hydrogens (tertiary/aromatic N) is 1. The Bertz CT molecular complexity index is 193. The average Bonchev–Trinajstić information content (AvgIpc) is 2.27. The summed E-state index contributed by atoms with van der Waals surface area (Å²) in [6.45, 7) is 5.93. The summed E-state index contributed by atoms with van der Waals surface area (Å²) >= 11 is 5.28. The van der Waals surface area contributed by atoms with E-state index in [0.717, 1.165) is 37.8 Å². The van der Waals surface area contributed by atoms with Crippen molar-refractivity contribution in [2.75, 3.05) is 33.4 Å². The number of rotatable bonds is 4. The van der Waals surface area contributed by atoms with Gasteiger partial charge in [-0.15, -0.1) is 0 Å². The Balaban J connectivity index is 2.20. The van der Waals surface area contributed by atoms with E-state index >= 15 is 0 Å². The number of thiocarbonyl (C=S) groups is 1. The van der Waals surface area contributed by atoms with Gasteiger partial charge in [-0.1, -0.05) is 6.92 Å². The minimum Gasteiger partial charge on any atom is -0.381 e. The largest absolute Gasteiger partial charge is 0.381 e. The predicted molar refractivity (Wildman–Crippen MR) is 67.1 cm³/mol. The Morgan fingerprint density at radius 2 is 2.40 bits per heavy atom. The quantitative estimate of drug-likeness (QED) is 0.742. The van der Waals surface area contributed by atoms with Crippen LogP contribution in [-0.2, 0) is 4.74 Å². The van der Waals surface area contributed by atoms with Crippen molar-refractivity contribution in [3.05, 3.63) is 0 Å². The number of ether oxygens (including phenoxy) is 1. The average molecular weight is 230 g/mol. The molecule has 4 heteroatoms. The van der Waals surface area contributed by atoms with Gasteiger partial charge in [0, 0.05) is 26.7 Å². The lowest BCUT2D eigenvalue weighted by atomic mass is 10.0. The molecule has 1 saturated heterocycles. The van der Waals surface area contributed by atoms with Crippen molar-refractivity contribution in [1.29, 1.82) is 0 Å². The van der Waals surface area contributed by atoms with Crippen molar-refractivity contribution in [2.45, 2.75) is 26.2 Å². The summed E-state index contributed by atoms with van der Waals surface area (Å²) in [4.78, 5) is 2.13. The molecule has 0 aromatic carbocycles. The van der Waals surface area contributed by atoms with Crippen LogP contribution in [-0.4, -0.2) is 43.4 Å². The van der Waals surface area contributed by atoms with Crippen molar-refractivity contribution in [1.82, 2.24) is 10.2 Å². The Morgan fingerprint density at radius 1 is 1.60 bits per heavy atom. The highest BCUT2D eigenvalue weighted by Crippen LogP contribution is 2.14. The first-order valence-corrected chi connectivity index (χ1v) is 6.21. The van der Waals surface area contributed by atoms with Gasteiger partial charge in [-0.05, 0) is 37.4 Å². The summed E-state index contributed by atoms with van der Waals surface area (Å²) in [5.41, 5.74) is 0. The third kappa shape index (κ3) is 4.80. The van der Waals surface area contributed by atoms with Crippen LogP contribution in [0.25, 0.3) is 0 Å². The molecule has 0 bridgehead atoms. The number of nitrogens with one attached hydrogen (secondary N) is 1. The standard InChI is InChI=1S/C11H22N2OS/c1-3-6-12-11(15)13(2)8-10-5-4-7-14-9-10/h10H,3-9H2,1-2H3,(H,12,15). The highest BCUT2D eigenvalue weighted by atomic mass is 32.1. The summed E-state index contributed by atoms with van der Waals surface area (Å²) in [6.07, 6.45) is 3.56. The van der Waals surface area contributed by atoms with Crippen LogP contribution in [0.2, 0.25) is 0 Å². The zero-order valence-electron chi connectivity index (χ0n) is 9.79. The molecule has 1 aliphatic heterocycles. The molecule has 3 nitrogen and oxygen atoms in total. The topological polar surface area (TPSA) is 24.5 Å². The zero-order chi connectivity index (χ0) is 11.1.